The zero-order valence-electron chi connectivity index (χ0n) is 18.4. The van der Waals surface area contributed by atoms with E-state index in [4.69, 9.17) is 9.47 Å². The van der Waals surface area contributed by atoms with Crippen LogP contribution in [0.3, 0.4) is 0 Å². The summed E-state index contributed by atoms with van der Waals surface area (Å²) in [5, 5.41) is 10.4. The second kappa shape index (κ2) is 17.0. The maximum atomic E-state index is 11.7. The molecule has 0 amide bonds. The molecule has 0 spiro atoms. The number of allylic oxidation sites excluding steroid dienone is 1. The van der Waals surface area contributed by atoms with Crippen molar-refractivity contribution >= 4 is 5.97 Å². The molecule has 1 rings (SSSR count). The molecule has 1 saturated heterocycles. The van der Waals surface area contributed by atoms with Crippen LogP contribution in [0, 0.1) is 5.92 Å². The molecule has 0 unspecified atom stereocenters. The van der Waals surface area contributed by atoms with Crippen LogP contribution >= 0.6 is 0 Å². The van der Waals surface area contributed by atoms with Crippen molar-refractivity contribution in [2.45, 2.75) is 116 Å². The van der Waals surface area contributed by atoms with Gasteiger partial charge in [-0.1, -0.05) is 90.2 Å². The highest BCUT2D eigenvalue weighted by atomic mass is 16.6. The smallest absolute Gasteiger partial charge is 0.306 e. The van der Waals surface area contributed by atoms with Gasteiger partial charge in [0.25, 0.3) is 0 Å². The van der Waals surface area contributed by atoms with Gasteiger partial charge in [-0.3, -0.25) is 4.79 Å². The van der Waals surface area contributed by atoms with E-state index in [1.165, 1.54) is 70.6 Å². The number of esters is 1. The first-order chi connectivity index (χ1) is 13.7. The minimum Gasteiger partial charge on any atom is -0.459 e. The molecule has 1 aliphatic heterocycles. The van der Waals surface area contributed by atoms with E-state index < -0.39 is 12.2 Å². The van der Waals surface area contributed by atoms with Crippen molar-refractivity contribution in [2.24, 2.45) is 5.92 Å². The third-order valence-electron chi connectivity index (χ3n) is 5.51. The van der Waals surface area contributed by atoms with E-state index in [-0.39, 0.29) is 18.5 Å². The molecular weight excluding hydrogens is 352 g/mol. The average molecular weight is 397 g/mol. The van der Waals surface area contributed by atoms with Crippen LogP contribution in [-0.2, 0) is 14.3 Å². The van der Waals surface area contributed by atoms with Gasteiger partial charge in [-0.2, -0.15) is 0 Å². The largest absolute Gasteiger partial charge is 0.459 e. The molecule has 0 aromatic rings. The molecule has 1 aliphatic rings. The van der Waals surface area contributed by atoms with E-state index in [9.17, 15) is 9.90 Å². The normalized spacial score (nSPS) is 20.8. The first kappa shape index (κ1) is 25.2. The first-order valence-corrected chi connectivity index (χ1v) is 11.8. The third-order valence-corrected chi connectivity index (χ3v) is 5.51. The fraction of sp³-hybridized carbons (Fsp3) is 0.875. The lowest BCUT2D eigenvalue weighted by Crippen LogP contribution is -2.34. The third kappa shape index (κ3) is 11.9. The molecular formula is C24H44O4. The molecule has 1 heterocycles. The van der Waals surface area contributed by atoms with E-state index in [1.807, 2.05) is 0 Å². The number of hydrogen-bond donors (Lipinski definition) is 1. The SMILES string of the molecule is CCCCCC/C=C/[C@@H]1CC(=O)O[C@H]1[C@H](O)COCCCCCCCCCC. The van der Waals surface area contributed by atoms with E-state index >= 15 is 0 Å². The molecule has 0 aliphatic carbocycles. The molecule has 0 radical (unpaired) electrons. The fourth-order valence-electron chi connectivity index (χ4n) is 3.73. The average Bonchev–Trinajstić information content (AvgIpc) is 3.06. The van der Waals surface area contributed by atoms with Gasteiger partial charge in [0, 0.05) is 12.5 Å². The fourth-order valence-corrected chi connectivity index (χ4v) is 3.73. The van der Waals surface area contributed by atoms with Gasteiger partial charge in [-0.05, 0) is 19.3 Å². The number of unbranched alkanes of at least 4 members (excludes halogenated alkanes) is 11. The lowest BCUT2D eigenvalue weighted by atomic mass is 9.96. The minimum atomic E-state index is -0.741. The van der Waals surface area contributed by atoms with Gasteiger partial charge in [-0.15, -0.1) is 0 Å². The van der Waals surface area contributed by atoms with Gasteiger partial charge in [0.15, 0.2) is 0 Å². The van der Waals surface area contributed by atoms with Crippen molar-refractivity contribution in [3.05, 3.63) is 12.2 Å². The standard InChI is InChI=1S/C24H44O4/c1-3-5-7-9-11-12-14-16-18-27-20-22(25)24-21(19-23(26)28-24)17-15-13-10-8-6-4-2/h15,17,21-22,24-25H,3-14,16,18-20H2,1-2H3/b17-15+/t21-,22-,24-/m1/s1. The van der Waals surface area contributed by atoms with E-state index in [2.05, 4.69) is 26.0 Å². The van der Waals surface area contributed by atoms with E-state index in [0.29, 0.717) is 13.0 Å². The highest BCUT2D eigenvalue weighted by Crippen LogP contribution is 2.26. The van der Waals surface area contributed by atoms with Gasteiger partial charge in [-0.25, -0.2) is 0 Å². The Morgan fingerprint density at radius 3 is 2.29 bits per heavy atom. The number of carbonyl (C=O) groups is 1. The maximum absolute atomic E-state index is 11.7. The van der Waals surface area contributed by atoms with Crippen molar-refractivity contribution in [2.75, 3.05) is 13.2 Å². The lowest BCUT2D eigenvalue weighted by Gasteiger charge is -2.21. The second-order valence-corrected chi connectivity index (χ2v) is 8.22. The number of aliphatic hydroxyl groups excluding tert-OH is 1. The Morgan fingerprint density at radius 1 is 1.00 bits per heavy atom. The Labute approximate surface area is 173 Å². The predicted octanol–water partition coefficient (Wildman–Crippen LogP) is 5.96. The minimum absolute atomic E-state index is 0.0274. The monoisotopic (exact) mass is 396 g/mol. The topological polar surface area (TPSA) is 55.8 Å². The van der Waals surface area contributed by atoms with Gasteiger partial charge >= 0.3 is 5.97 Å². The van der Waals surface area contributed by atoms with Crippen molar-refractivity contribution in [3.8, 4) is 0 Å². The maximum Gasteiger partial charge on any atom is 0.306 e. The quantitative estimate of drug-likeness (QED) is 0.176. The molecule has 3 atom stereocenters. The summed E-state index contributed by atoms with van der Waals surface area (Å²) in [6, 6.07) is 0. The number of rotatable bonds is 18. The van der Waals surface area contributed by atoms with Crippen LogP contribution in [-0.4, -0.2) is 36.5 Å². The Bertz CT molecular complexity index is 407. The predicted molar refractivity (Wildman–Crippen MR) is 115 cm³/mol. The summed E-state index contributed by atoms with van der Waals surface area (Å²) >= 11 is 0. The van der Waals surface area contributed by atoms with Gasteiger partial charge in [0.2, 0.25) is 0 Å². The molecule has 0 aromatic heterocycles. The highest BCUT2D eigenvalue weighted by molar-refractivity contribution is 5.72. The second-order valence-electron chi connectivity index (χ2n) is 8.22. The number of carbonyl (C=O) groups excluding carboxylic acids is 1. The summed E-state index contributed by atoms with van der Waals surface area (Å²) in [6.07, 6.45) is 19.5. The summed E-state index contributed by atoms with van der Waals surface area (Å²) in [6.45, 7) is 5.37. The zero-order chi connectivity index (χ0) is 20.5. The molecule has 0 saturated carbocycles. The Hall–Kier alpha value is -0.870. The molecule has 28 heavy (non-hydrogen) atoms. The first-order valence-electron chi connectivity index (χ1n) is 11.8. The highest BCUT2D eigenvalue weighted by Gasteiger charge is 2.38. The molecule has 0 aromatic carbocycles. The van der Waals surface area contributed by atoms with Crippen molar-refractivity contribution in [3.63, 3.8) is 0 Å². The van der Waals surface area contributed by atoms with Gasteiger partial charge < -0.3 is 14.6 Å². The lowest BCUT2D eigenvalue weighted by molar-refractivity contribution is -0.147. The summed E-state index contributed by atoms with van der Waals surface area (Å²) in [5.74, 6) is -0.242. The Morgan fingerprint density at radius 2 is 1.61 bits per heavy atom. The van der Waals surface area contributed by atoms with Crippen LogP contribution in [0.25, 0.3) is 0 Å². The Balaban J connectivity index is 2.13. The van der Waals surface area contributed by atoms with Crippen LogP contribution in [0.5, 0.6) is 0 Å². The molecule has 0 bridgehead atoms. The Kier molecular flexibility index (Phi) is 15.3. The zero-order valence-corrected chi connectivity index (χ0v) is 18.4. The van der Waals surface area contributed by atoms with Crippen molar-refractivity contribution < 1.29 is 19.4 Å². The number of ether oxygens (including phenoxy) is 2. The van der Waals surface area contributed by atoms with Crippen LogP contribution in [0.2, 0.25) is 0 Å². The number of cyclic esters (lactones) is 1. The molecule has 4 nitrogen and oxygen atoms in total. The summed E-state index contributed by atoms with van der Waals surface area (Å²) in [4.78, 5) is 11.7. The molecule has 1 N–H and O–H groups in total. The van der Waals surface area contributed by atoms with Gasteiger partial charge in [0.1, 0.15) is 12.2 Å². The van der Waals surface area contributed by atoms with Crippen LogP contribution in [0.15, 0.2) is 12.2 Å². The van der Waals surface area contributed by atoms with Gasteiger partial charge in [0.05, 0.1) is 13.0 Å². The molecule has 164 valence electrons. The van der Waals surface area contributed by atoms with E-state index in [0.717, 1.165) is 12.8 Å². The summed E-state index contributed by atoms with van der Waals surface area (Å²) in [5.41, 5.74) is 0. The number of aliphatic hydroxyl groups is 1. The van der Waals surface area contributed by atoms with Crippen molar-refractivity contribution in [1.82, 2.24) is 0 Å². The summed E-state index contributed by atoms with van der Waals surface area (Å²) in [7, 11) is 0. The van der Waals surface area contributed by atoms with Crippen LogP contribution in [0.1, 0.15) is 104 Å². The number of hydrogen-bond acceptors (Lipinski definition) is 4. The van der Waals surface area contributed by atoms with E-state index in [1.54, 1.807) is 0 Å². The molecule has 4 heteroatoms. The van der Waals surface area contributed by atoms with Crippen LogP contribution in [0.4, 0.5) is 0 Å². The summed E-state index contributed by atoms with van der Waals surface area (Å²) < 4.78 is 11.0. The molecule has 1 fully saturated rings. The van der Waals surface area contributed by atoms with Crippen LogP contribution < -0.4 is 0 Å². The van der Waals surface area contributed by atoms with Crippen molar-refractivity contribution in [1.29, 1.82) is 0 Å².